The Morgan fingerprint density at radius 3 is 2.41 bits per heavy atom. The largest absolute Gasteiger partial charge is 0.340 e. The number of halogens is 1. The van der Waals surface area contributed by atoms with Crippen LogP contribution in [0.15, 0.2) is 58.1 Å². The lowest BCUT2D eigenvalue weighted by atomic mass is 9.89. The second-order valence-corrected chi connectivity index (χ2v) is 7.40. The zero-order chi connectivity index (χ0) is 20.3. The minimum Gasteiger partial charge on any atom is -0.340 e. The normalized spacial score (nSPS) is 15.9. The van der Waals surface area contributed by atoms with Gasteiger partial charge < -0.3 is 9.88 Å². The molecule has 0 bridgehead atoms. The van der Waals surface area contributed by atoms with Crippen LogP contribution < -0.4 is 16.1 Å². The van der Waals surface area contributed by atoms with E-state index in [-0.39, 0.29) is 16.9 Å². The number of benzene rings is 2. The van der Waals surface area contributed by atoms with E-state index in [1.807, 2.05) is 24.3 Å². The third kappa shape index (κ3) is 2.55. The summed E-state index contributed by atoms with van der Waals surface area (Å²) in [5, 5.41) is 0.831. The summed E-state index contributed by atoms with van der Waals surface area (Å²) in [6.07, 6.45) is 0. The highest BCUT2D eigenvalue weighted by atomic mass is 35.5. The monoisotopic (exact) mass is 406 g/mol. The zero-order valence-corrected chi connectivity index (χ0v) is 16.0. The molecule has 3 heterocycles. The Morgan fingerprint density at radius 1 is 0.931 bits per heavy atom. The number of aromatic nitrogens is 3. The van der Waals surface area contributed by atoms with Crippen LogP contribution in [0.3, 0.4) is 0 Å². The molecule has 0 radical (unpaired) electrons. The van der Waals surface area contributed by atoms with E-state index >= 15 is 0 Å². The molecule has 144 valence electrons. The van der Waals surface area contributed by atoms with E-state index in [9.17, 15) is 14.4 Å². The first kappa shape index (κ1) is 17.5. The number of nitrogens with zero attached hydrogens (tertiary/aromatic N) is 1. The molecule has 0 spiro atoms. The maximum absolute atomic E-state index is 13.2. The highest BCUT2D eigenvalue weighted by Gasteiger charge is 2.39. The van der Waals surface area contributed by atoms with Gasteiger partial charge in [-0.25, -0.2) is 4.79 Å². The number of rotatable bonds is 2. The number of fused-ring (bicyclic) bond motifs is 2. The molecule has 0 unspecified atom stereocenters. The minimum absolute atomic E-state index is 0.145. The van der Waals surface area contributed by atoms with Gasteiger partial charge in [-0.05, 0) is 29.3 Å². The average molecular weight is 407 g/mol. The van der Waals surface area contributed by atoms with Crippen LogP contribution in [-0.2, 0) is 4.79 Å². The fourth-order valence-electron chi connectivity index (χ4n) is 4.05. The maximum atomic E-state index is 13.2. The molecule has 3 N–H and O–H groups in total. The summed E-state index contributed by atoms with van der Waals surface area (Å²) >= 11 is 6.03. The zero-order valence-electron chi connectivity index (χ0n) is 15.2. The quantitative estimate of drug-likeness (QED) is 0.477. The van der Waals surface area contributed by atoms with E-state index in [4.69, 9.17) is 11.6 Å². The predicted octanol–water partition coefficient (Wildman–Crippen LogP) is 2.97. The average Bonchev–Trinajstić information content (AvgIpc) is 3.18. The molecule has 0 saturated carbocycles. The van der Waals surface area contributed by atoms with Crippen molar-refractivity contribution in [3.63, 3.8) is 0 Å². The molecular weight excluding hydrogens is 392 g/mol. The molecule has 1 aliphatic heterocycles. The summed E-state index contributed by atoms with van der Waals surface area (Å²) in [5.74, 6) is -0.824. The minimum atomic E-state index is -0.678. The summed E-state index contributed by atoms with van der Waals surface area (Å²) < 4.78 is 0. The molecule has 8 heteroatoms. The Bertz CT molecular complexity index is 1400. The lowest BCUT2D eigenvalue weighted by Crippen LogP contribution is -2.26. The van der Waals surface area contributed by atoms with E-state index < -0.39 is 17.2 Å². The van der Waals surface area contributed by atoms with Crippen molar-refractivity contribution in [1.29, 1.82) is 0 Å². The van der Waals surface area contributed by atoms with Gasteiger partial charge in [0.2, 0.25) is 5.91 Å². The number of carbonyl (C=O) groups is 1. The summed E-state index contributed by atoms with van der Waals surface area (Å²) in [6, 6.07) is 14.6. The number of para-hydroxylation sites is 1. The Hall–Kier alpha value is -3.58. The lowest BCUT2D eigenvalue weighted by molar-refractivity contribution is -0.118. The van der Waals surface area contributed by atoms with Crippen molar-refractivity contribution in [1.82, 2.24) is 15.0 Å². The van der Waals surface area contributed by atoms with Crippen molar-refractivity contribution in [3.8, 4) is 11.3 Å². The first-order chi connectivity index (χ1) is 14.0. The predicted molar refractivity (Wildman–Crippen MR) is 112 cm³/mol. The molecule has 29 heavy (non-hydrogen) atoms. The fraction of sp³-hybridized carbons (Fsp3) is 0.0952. The van der Waals surface area contributed by atoms with Crippen molar-refractivity contribution >= 4 is 34.2 Å². The van der Waals surface area contributed by atoms with Crippen molar-refractivity contribution in [3.05, 3.63) is 85.5 Å². The van der Waals surface area contributed by atoms with E-state index in [2.05, 4.69) is 15.0 Å². The Labute approximate surface area is 169 Å². The first-order valence-corrected chi connectivity index (χ1v) is 9.34. The molecular formula is C21H15ClN4O3. The number of carbonyl (C=O) groups excluding carboxylic acids is 1. The number of aromatic amines is 3. The smallest absolute Gasteiger partial charge is 0.327 e. The van der Waals surface area contributed by atoms with E-state index in [0.29, 0.717) is 16.3 Å². The van der Waals surface area contributed by atoms with Crippen LogP contribution in [0, 0.1) is 0 Å². The van der Waals surface area contributed by atoms with Crippen LogP contribution in [0.2, 0.25) is 5.02 Å². The van der Waals surface area contributed by atoms with Crippen LogP contribution in [0.4, 0.5) is 5.69 Å². The van der Waals surface area contributed by atoms with Crippen molar-refractivity contribution in [2.45, 2.75) is 5.92 Å². The van der Waals surface area contributed by atoms with Gasteiger partial charge in [-0.1, -0.05) is 41.9 Å². The van der Waals surface area contributed by atoms with Gasteiger partial charge in [0.15, 0.2) is 0 Å². The highest BCUT2D eigenvalue weighted by Crippen LogP contribution is 2.45. The Morgan fingerprint density at radius 2 is 1.66 bits per heavy atom. The van der Waals surface area contributed by atoms with Crippen LogP contribution >= 0.6 is 11.6 Å². The van der Waals surface area contributed by atoms with Gasteiger partial charge in [0.05, 0.1) is 17.0 Å². The third-order valence-electron chi connectivity index (χ3n) is 5.34. The molecule has 0 fully saturated rings. The highest BCUT2D eigenvalue weighted by molar-refractivity contribution is 6.30. The third-order valence-corrected chi connectivity index (χ3v) is 5.59. The van der Waals surface area contributed by atoms with Crippen LogP contribution in [0.5, 0.6) is 0 Å². The molecule has 1 amide bonds. The number of nitrogens with one attached hydrogen (secondary N) is 3. The summed E-state index contributed by atoms with van der Waals surface area (Å²) in [7, 11) is 1.71. The molecule has 1 aliphatic rings. The van der Waals surface area contributed by atoms with Gasteiger partial charge in [0.25, 0.3) is 5.56 Å². The molecule has 0 saturated heterocycles. The number of anilines is 1. The molecule has 2 aromatic carbocycles. The van der Waals surface area contributed by atoms with Gasteiger partial charge in [0.1, 0.15) is 5.65 Å². The number of H-pyrrole nitrogens is 3. The molecule has 1 atom stereocenters. The SMILES string of the molecule is CN1C(=O)[C@@H](c2c(-c3ccc(Cl)cc3)[nH]c3[nH]c(=O)[nH]c(=O)c23)c2ccccc21. The first-order valence-electron chi connectivity index (χ1n) is 8.96. The fourth-order valence-corrected chi connectivity index (χ4v) is 4.17. The lowest BCUT2D eigenvalue weighted by Gasteiger charge is -2.13. The molecule has 5 rings (SSSR count). The summed E-state index contributed by atoms with van der Waals surface area (Å²) in [5.41, 5.74) is 2.58. The molecule has 0 aliphatic carbocycles. The maximum Gasteiger partial charge on any atom is 0.327 e. The van der Waals surface area contributed by atoms with Crippen molar-refractivity contribution < 1.29 is 4.79 Å². The summed E-state index contributed by atoms with van der Waals surface area (Å²) in [4.78, 5) is 47.4. The van der Waals surface area contributed by atoms with Gasteiger partial charge >= 0.3 is 5.69 Å². The van der Waals surface area contributed by atoms with Crippen molar-refractivity contribution in [2.75, 3.05) is 11.9 Å². The van der Waals surface area contributed by atoms with Crippen LogP contribution in [-0.4, -0.2) is 27.9 Å². The van der Waals surface area contributed by atoms with Gasteiger partial charge in [-0.2, -0.15) is 0 Å². The molecule has 4 aromatic rings. The second kappa shape index (κ2) is 6.22. The van der Waals surface area contributed by atoms with Crippen LogP contribution in [0.1, 0.15) is 17.0 Å². The van der Waals surface area contributed by atoms with E-state index in [1.54, 1.807) is 36.2 Å². The van der Waals surface area contributed by atoms with Crippen LogP contribution in [0.25, 0.3) is 22.3 Å². The number of hydrogen-bond acceptors (Lipinski definition) is 3. The summed E-state index contributed by atoms with van der Waals surface area (Å²) in [6.45, 7) is 0. The van der Waals surface area contributed by atoms with Gasteiger partial charge in [0, 0.05) is 23.3 Å². The second-order valence-electron chi connectivity index (χ2n) is 6.97. The Kier molecular flexibility index (Phi) is 3.75. The number of amides is 1. The molecule has 2 aromatic heterocycles. The number of hydrogen-bond donors (Lipinski definition) is 3. The van der Waals surface area contributed by atoms with Gasteiger partial charge in [-0.3, -0.25) is 19.6 Å². The number of likely N-dealkylation sites (N-methyl/N-ethyl adjacent to an activating group) is 1. The van der Waals surface area contributed by atoms with E-state index in [0.717, 1.165) is 16.8 Å². The Balaban J connectivity index is 1.89. The van der Waals surface area contributed by atoms with Crippen molar-refractivity contribution in [2.24, 2.45) is 0 Å². The topological polar surface area (TPSA) is 102 Å². The van der Waals surface area contributed by atoms with Gasteiger partial charge in [-0.15, -0.1) is 0 Å². The standard InChI is InChI=1S/C21H15ClN4O3/c1-26-13-5-3-2-4-12(13)14(20(26)28)15-16-18(24-21(29)25-19(16)27)23-17(15)10-6-8-11(22)9-7-10/h2-9,14H,1H3,(H3,23,24,25,27,29)/t14-/m1/s1. The van der Waals surface area contributed by atoms with E-state index in [1.165, 1.54) is 0 Å². The molecule has 7 nitrogen and oxygen atoms in total.